The molecule has 10 nitrogen and oxygen atoms in total. The largest absolute Gasteiger partial charge is 0.354 e. The minimum absolute atomic E-state index is 0.165. The van der Waals surface area contributed by atoms with E-state index in [0.717, 1.165) is 4.57 Å². The summed E-state index contributed by atoms with van der Waals surface area (Å²) in [7, 11) is 1.51. The van der Waals surface area contributed by atoms with Crippen molar-refractivity contribution in [1.29, 1.82) is 0 Å². The Balaban J connectivity index is 1.61. The summed E-state index contributed by atoms with van der Waals surface area (Å²) in [6.07, 6.45) is 1.38. The number of aromatic amines is 1. The molecule has 3 heterocycles. The number of aromatic nitrogens is 4. The molecule has 0 aliphatic heterocycles. The first-order valence-electron chi connectivity index (χ1n) is 10.1. The van der Waals surface area contributed by atoms with E-state index in [0.29, 0.717) is 27.8 Å². The summed E-state index contributed by atoms with van der Waals surface area (Å²) in [4.78, 5) is 60.0. The van der Waals surface area contributed by atoms with Gasteiger partial charge in [0.2, 0.25) is 0 Å². The zero-order valence-electron chi connectivity index (χ0n) is 17.9. The molecule has 0 atom stereocenters. The number of anilines is 1. The van der Waals surface area contributed by atoms with Crippen LogP contribution in [0.25, 0.3) is 22.2 Å². The number of nitrogens with zero attached hydrogens (tertiary/aromatic N) is 3. The van der Waals surface area contributed by atoms with Gasteiger partial charge < -0.3 is 15.6 Å². The maximum absolute atomic E-state index is 12.7. The highest BCUT2D eigenvalue weighted by Crippen LogP contribution is 2.21. The summed E-state index contributed by atoms with van der Waals surface area (Å²) < 4.78 is 1.13. The Bertz CT molecular complexity index is 1490. The predicted octanol–water partition coefficient (Wildman–Crippen LogP) is 1.78. The molecule has 4 aromatic rings. The van der Waals surface area contributed by atoms with Gasteiger partial charge in [0.1, 0.15) is 11.4 Å². The van der Waals surface area contributed by atoms with Crippen molar-refractivity contribution < 1.29 is 9.59 Å². The number of carbonyl (C=O) groups excluding carboxylic acids is 2. The van der Waals surface area contributed by atoms with Crippen LogP contribution in [0.2, 0.25) is 0 Å². The van der Waals surface area contributed by atoms with Gasteiger partial charge in [-0.15, -0.1) is 0 Å². The number of pyridine rings is 2. The quantitative estimate of drug-likeness (QED) is 0.429. The van der Waals surface area contributed by atoms with Crippen molar-refractivity contribution in [1.82, 2.24) is 24.8 Å². The van der Waals surface area contributed by atoms with Crippen LogP contribution < -0.4 is 21.9 Å². The molecule has 0 bridgehead atoms. The first kappa shape index (κ1) is 21.6. The van der Waals surface area contributed by atoms with Crippen molar-refractivity contribution in [3.8, 4) is 11.3 Å². The molecule has 1 aromatic carbocycles. The Morgan fingerprint density at radius 3 is 2.55 bits per heavy atom. The number of hydrogen-bond donors (Lipinski definition) is 3. The fraction of sp³-hybridized carbons (Fsp3) is 0.130. The number of carbonyl (C=O) groups is 2. The Labute approximate surface area is 187 Å². The molecule has 0 aliphatic rings. The fourth-order valence-electron chi connectivity index (χ4n) is 3.35. The zero-order valence-corrected chi connectivity index (χ0v) is 17.9. The second kappa shape index (κ2) is 8.87. The van der Waals surface area contributed by atoms with Crippen molar-refractivity contribution in [3.63, 3.8) is 0 Å². The van der Waals surface area contributed by atoms with Gasteiger partial charge in [-0.2, -0.15) is 0 Å². The fourth-order valence-corrected chi connectivity index (χ4v) is 3.35. The molecule has 3 aromatic heterocycles. The Hall–Kier alpha value is -4.60. The highest BCUT2D eigenvalue weighted by Gasteiger charge is 2.12. The van der Waals surface area contributed by atoms with Gasteiger partial charge in [-0.05, 0) is 43.3 Å². The Morgan fingerprint density at radius 1 is 1.03 bits per heavy atom. The van der Waals surface area contributed by atoms with E-state index in [1.165, 1.54) is 19.3 Å². The van der Waals surface area contributed by atoms with Crippen molar-refractivity contribution in [2.45, 2.75) is 13.5 Å². The van der Waals surface area contributed by atoms with Crippen LogP contribution in [0.15, 0.2) is 64.3 Å². The molecule has 0 unspecified atom stereocenters. The lowest BCUT2D eigenvalue weighted by atomic mass is 10.1. The van der Waals surface area contributed by atoms with Crippen LogP contribution >= 0.6 is 0 Å². The average molecular weight is 444 g/mol. The summed E-state index contributed by atoms with van der Waals surface area (Å²) in [5.74, 6) is -0.779. The summed E-state index contributed by atoms with van der Waals surface area (Å²) in [5.41, 5.74) is 1.50. The molecule has 0 fully saturated rings. The number of nitrogens with one attached hydrogen (secondary N) is 3. The summed E-state index contributed by atoms with van der Waals surface area (Å²) >= 11 is 0. The molecular weight excluding hydrogens is 424 g/mol. The van der Waals surface area contributed by atoms with Gasteiger partial charge in [-0.3, -0.25) is 19.0 Å². The van der Waals surface area contributed by atoms with E-state index in [1.807, 2.05) is 0 Å². The summed E-state index contributed by atoms with van der Waals surface area (Å²) in [5, 5.41) is 5.56. The molecule has 0 radical (unpaired) electrons. The van der Waals surface area contributed by atoms with Gasteiger partial charge in [0.15, 0.2) is 0 Å². The molecule has 0 aliphatic carbocycles. The van der Waals surface area contributed by atoms with E-state index in [4.69, 9.17) is 0 Å². The molecule has 10 heteroatoms. The lowest BCUT2D eigenvalue weighted by molar-refractivity contribution is 0.0957. The second-order valence-electron chi connectivity index (χ2n) is 7.11. The molecule has 2 amide bonds. The molecular formula is C23H20N6O4. The van der Waals surface area contributed by atoms with Crippen LogP contribution in [0.4, 0.5) is 5.69 Å². The van der Waals surface area contributed by atoms with Gasteiger partial charge in [0.05, 0.1) is 28.5 Å². The number of H-pyrrole nitrogens is 1. The monoisotopic (exact) mass is 444 g/mol. The first-order chi connectivity index (χ1) is 15.9. The van der Waals surface area contributed by atoms with Gasteiger partial charge in [0.25, 0.3) is 17.4 Å². The van der Waals surface area contributed by atoms with Gasteiger partial charge in [-0.25, -0.2) is 14.8 Å². The van der Waals surface area contributed by atoms with Crippen LogP contribution in [-0.2, 0) is 6.54 Å². The van der Waals surface area contributed by atoms with Crippen LogP contribution in [0.1, 0.15) is 27.9 Å². The minimum Gasteiger partial charge on any atom is -0.354 e. The smallest absolute Gasteiger partial charge is 0.328 e. The van der Waals surface area contributed by atoms with E-state index in [9.17, 15) is 19.2 Å². The van der Waals surface area contributed by atoms with Crippen LogP contribution in [0.5, 0.6) is 0 Å². The third-order valence-electron chi connectivity index (χ3n) is 5.06. The van der Waals surface area contributed by atoms with Crippen molar-refractivity contribution in [2.75, 3.05) is 12.4 Å². The molecule has 0 spiro atoms. The highest BCUT2D eigenvalue weighted by molar-refractivity contribution is 6.03. The van der Waals surface area contributed by atoms with E-state index < -0.39 is 11.6 Å². The van der Waals surface area contributed by atoms with Gasteiger partial charge in [0, 0.05) is 19.2 Å². The van der Waals surface area contributed by atoms with E-state index in [-0.39, 0.29) is 29.4 Å². The van der Waals surface area contributed by atoms with Gasteiger partial charge in [-0.1, -0.05) is 12.1 Å². The number of rotatable bonds is 5. The highest BCUT2D eigenvalue weighted by atomic mass is 16.2. The topological polar surface area (TPSA) is 139 Å². The predicted molar refractivity (Wildman–Crippen MR) is 123 cm³/mol. The number of fused-ring (bicyclic) bond motifs is 1. The number of amides is 2. The minimum atomic E-state index is -0.482. The second-order valence-corrected chi connectivity index (χ2v) is 7.11. The summed E-state index contributed by atoms with van der Waals surface area (Å²) in [6, 6.07) is 13.0. The maximum Gasteiger partial charge on any atom is 0.328 e. The lowest BCUT2D eigenvalue weighted by Gasteiger charge is -2.08. The van der Waals surface area contributed by atoms with Gasteiger partial charge >= 0.3 is 5.69 Å². The van der Waals surface area contributed by atoms with Crippen molar-refractivity contribution in [3.05, 3.63) is 87.0 Å². The van der Waals surface area contributed by atoms with Crippen LogP contribution in [0, 0.1) is 0 Å². The third-order valence-corrected chi connectivity index (χ3v) is 5.06. The lowest BCUT2D eigenvalue weighted by Crippen LogP contribution is -2.34. The van der Waals surface area contributed by atoms with E-state index in [1.54, 1.807) is 49.4 Å². The van der Waals surface area contributed by atoms with Crippen molar-refractivity contribution in [2.24, 2.45) is 0 Å². The molecule has 4 rings (SSSR count). The third kappa shape index (κ3) is 4.26. The number of benzene rings is 1. The van der Waals surface area contributed by atoms with E-state index >= 15 is 0 Å². The Morgan fingerprint density at radius 2 is 1.85 bits per heavy atom. The molecule has 166 valence electrons. The first-order valence-corrected chi connectivity index (χ1v) is 10.1. The van der Waals surface area contributed by atoms with Crippen LogP contribution in [0.3, 0.4) is 0 Å². The maximum atomic E-state index is 12.7. The Kier molecular flexibility index (Phi) is 5.81. The molecule has 3 N–H and O–H groups in total. The average Bonchev–Trinajstić information content (AvgIpc) is 2.84. The van der Waals surface area contributed by atoms with Crippen molar-refractivity contribution >= 4 is 28.4 Å². The molecule has 0 saturated heterocycles. The number of hydrogen-bond acceptors (Lipinski definition) is 6. The standard InChI is InChI=1S/C23H20N6O4/c1-3-29-22(32)15-9-7-13(11-19(15)28-23(29)33)16-5-4-6-18(27-16)21(31)26-14-8-10-17(25-12-14)20(30)24-2/h4-12H,3H2,1-2H3,(H,24,30)(H,26,31)(H,28,33). The summed E-state index contributed by atoms with van der Waals surface area (Å²) in [6.45, 7) is 2.00. The molecule has 33 heavy (non-hydrogen) atoms. The van der Waals surface area contributed by atoms with Crippen LogP contribution in [-0.4, -0.2) is 38.4 Å². The van der Waals surface area contributed by atoms with E-state index in [2.05, 4.69) is 25.6 Å². The SMILES string of the molecule is CCn1c(=O)[nH]c2cc(-c3cccc(C(=O)Nc4ccc(C(=O)NC)nc4)n3)ccc2c1=O. The zero-order chi connectivity index (χ0) is 23.5. The normalized spacial score (nSPS) is 10.7. The molecule has 0 saturated carbocycles.